The molecule has 1 aromatic heterocycles. The zero-order valence-corrected chi connectivity index (χ0v) is 22.0. The van der Waals surface area contributed by atoms with Gasteiger partial charge in [-0.2, -0.15) is 5.26 Å². The Kier molecular flexibility index (Phi) is 8.94. The second-order valence-corrected chi connectivity index (χ2v) is 9.33. The molecule has 0 bridgehead atoms. The van der Waals surface area contributed by atoms with Crippen LogP contribution in [0.15, 0.2) is 89.8 Å². The normalized spacial score (nSPS) is 10.9. The fourth-order valence-corrected chi connectivity index (χ4v) is 4.72. The van der Waals surface area contributed by atoms with E-state index < -0.39 is 11.9 Å². The van der Waals surface area contributed by atoms with Gasteiger partial charge in [0.1, 0.15) is 34.6 Å². The van der Waals surface area contributed by atoms with Crippen LogP contribution < -0.4 is 10.1 Å². The van der Waals surface area contributed by atoms with Crippen molar-refractivity contribution in [1.82, 2.24) is 0 Å². The molecule has 0 atom stereocenters. The number of para-hydroxylation sites is 1. The van der Waals surface area contributed by atoms with E-state index >= 15 is 0 Å². The third-order valence-corrected chi connectivity index (χ3v) is 6.62. The summed E-state index contributed by atoms with van der Waals surface area (Å²) in [5.41, 5.74) is 2.99. The summed E-state index contributed by atoms with van der Waals surface area (Å²) in [6.07, 6.45) is 1.47. The molecule has 0 saturated carbocycles. The molecule has 4 aromatic rings. The van der Waals surface area contributed by atoms with Crippen molar-refractivity contribution in [3.05, 3.63) is 112 Å². The molecular weight excluding hydrogens is 520 g/mol. The summed E-state index contributed by atoms with van der Waals surface area (Å²) in [7, 11) is 0. The number of anilines is 1. The second kappa shape index (κ2) is 12.7. The van der Waals surface area contributed by atoms with Gasteiger partial charge in [-0.25, -0.2) is 4.79 Å². The predicted octanol–water partition coefficient (Wildman–Crippen LogP) is 7.37. The van der Waals surface area contributed by atoms with E-state index in [9.17, 15) is 14.9 Å². The van der Waals surface area contributed by atoms with Gasteiger partial charge in [-0.1, -0.05) is 72.3 Å². The number of hydrogen-bond donors (Lipinski definition) is 1. The third kappa shape index (κ3) is 6.48. The first kappa shape index (κ1) is 26.7. The number of nitrogens with one attached hydrogen (secondary N) is 1. The van der Waals surface area contributed by atoms with Gasteiger partial charge in [0.2, 0.25) is 0 Å². The number of nitrogens with zero attached hydrogens (tertiary/aromatic N) is 1. The topological polar surface area (TPSA) is 88.4 Å². The van der Waals surface area contributed by atoms with Gasteiger partial charge in [0.15, 0.2) is 0 Å². The summed E-state index contributed by atoms with van der Waals surface area (Å²) in [4.78, 5) is 26.0. The highest BCUT2D eigenvalue weighted by Crippen LogP contribution is 2.37. The van der Waals surface area contributed by atoms with Crippen LogP contribution in [0.25, 0.3) is 17.2 Å². The number of nitriles is 1. The summed E-state index contributed by atoms with van der Waals surface area (Å²) in [6, 6.07) is 25.8. The first-order valence-electron chi connectivity index (χ1n) is 11.7. The van der Waals surface area contributed by atoms with E-state index in [0.717, 1.165) is 11.1 Å². The lowest BCUT2D eigenvalue weighted by Gasteiger charge is -2.10. The van der Waals surface area contributed by atoms with Crippen molar-refractivity contribution >= 4 is 45.9 Å². The maximum atomic E-state index is 13.2. The van der Waals surface area contributed by atoms with Gasteiger partial charge in [-0.05, 0) is 42.3 Å². The SMILES string of the molecule is CCOC(=O)c1c(-c2ccc(Cl)cc2)csc1NC(=O)/C(C#N)=C/c1ccccc1OCc1ccccc1. The number of amides is 1. The molecule has 3 aromatic carbocycles. The number of carbonyl (C=O) groups is 2. The molecular formula is C30H23ClN2O4S. The first-order valence-corrected chi connectivity index (χ1v) is 13.0. The maximum absolute atomic E-state index is 13.2. The maximum Gasteiger partial charge on any atom is 0.341 e. The number of benzene rings is 3. The zero-order valence-electron chi connectivity index (χ0n) is 20.4. The van der Waals surface area contributed by atoms with Crippen LogP contribution in [-0.4, -0.2) is 18.5 Å². The number of thiophene rings is 1. The van der Waals surface area contributed by atoms with Crippen molar-refractivity contribution in [1.29, 1.82) is 5.26 Å². The molecule has 0 aliphatic rings. The van der Waals surface area contributed by atoms with Crippen molar-refractivity contribution in [2.45, 2.75) is 13.5 Å². The Bertz CT molecular complexity index is 1510. The fourth-order valence-electron chi connectivity index (χ4n) is 3.64. The molecule has 6 nitrogen and oxygen atoms in total. The summed E-state index contributed by atoms with van der Waals surface area (Å²) < 4.78 is 11.2. The highest BCUT2D eigenvalue weighted by Gasteiger charge is 2.24. The molecule has 0 unspecified atom stereocenters. The average Bonchev–Trinajstić information content (AvgIpc) is 3.35. The number of esters is 1. The van der Waals surface area contributed by atoms with E-state index in [1.54, 1.807) is 54.8 Å². The Morgan fingerprint density at radius 3 is 2.45 bits per heavy atom. The van der Waals surface area contributed by atoms with Crippen molar-refractivity contribution in [3.8, 4) is 22.9 Å². The van der Waals surface area contributed by atoms with Crippen LogP contribution in [0.4, 0.5) is 5.00 Å². The minimum absolute atomic E-state index is 0.142. The standard InChI is InChI=1S/C30H23ClN2O4S/c1-2-36-30(35)27-25(21-12-14-24(31)15-13-21)19-38-29(27)33-28(34)23(17-32)16-22-10-6-7-11-26(22)37-18-20-8-4-3-5-9-20/h3-16,19H,2,18H2,1H3,(H,33,34)/b23-16+. The molecule has 8 heteroatoms. The number of ether oxygens (including phenoxy) is 2. The lowest BCUT2D eigenvalue weighted by Crippen LogP contribution is -2.16. The molecule has 0 saturated heterocycles. The van der Waals surface area contributed by atoms with Gasteiger partial charge in [-0.3, -0.25) is 4.79 Å². The van der Waals surface area contributed by atoms with Crippen LogP contribution in [0.5, 0.6) is 5.75 Å². The van der Waals surface area contributed by atoms with E-state index in [1.807, 2.05) is 42.5 Å². The molecule has 1 N–H and O–H groups in total. The van der Waals surface area contributed by atoms with E-state index in [0.29, 0.717) is 28.5 Å². The Hall–Kier alpha value is -4.38. The van der Waals surface area contributed by atoms with Crippen LogP contribution in [-0.2, 0) is 16.1 Å². The van der Waals surface area contributed by atoms with Gasteiger partial charge in [0.25, 0.3) is 5.91 Å². The molecule has 0 fully saturated rings. The number of hydrogen-bond acceptors (Lipinski definition) is 6. The van der Waals surface area contributed by atoms with Crippen LogP contribution in [0.2, 0.25) is 5.02 Å². The molecule has 0 spiro atoms. The fraction of sp³-hybridized carbons (Fsp3) is 0.100. The van der Waals surface area contributed by atoms with Gasteiger partial charge >= 0.3 is 5.97 Å². The molecule has 0 aliphatic heterocycles. The number of rotatable bonds is 9. The molecule has 1 heterocycles. The monoisotopic (exact) mass is 542 g/mol. The summed E-state index contributed by atoms with van der Waals surface area (Å²) in [6.45, 7) is 2.22. The quantitative estimate of drug-likeness (QED) is 0.135. The Labute approximate surface area is 229 Å². The molecule has 0 aliphatic carbocycles. The van der Waals surface area contributed by atoms with Crippen molar-refractivity contribution in [3.63, 3.8) is 0 Å². The Morgan fingerprint density at radius 2 is 1.74 bits per heavy atom. The van der Waals surface area contributed by atoms with Crippen molar-refractivity contribution in [2.24, 2.45) is 0 Å². The lowest BCUT2D eigenvalue weighted by molar-refractivity contribution is -0.112. The van der Waals surface area contributed by atoms with Gasteiger partial charge in [0.05, 0.1) is 6.61 Å². The van der Waals surface area contributed by atoms with Crippen molar-refractivity contribution < 1.29 is 19.1 Å². The van der Waals surface area contributed by atoms with Crippen LogP contribution in [0, 0.1) is 11.3 Å². The average molecular weight is 543 g/mol. The van der Waals surface area contributed by atoms with Crippen LogP contribution in [0.3, 0.4) is 0 Å². The van der Waals surface area contributed by atoms with Gasteiger partial charge in [0, 0.05) is 21.5 Å². The largest absolute Gasteiger partial charge is 0.488 e. The van der Waals surface area contributed by atoms with Gasteiger partial charge in [-0.15, -0.1) is 11.3 Å². The summed E-state index contributed by atoms with van der Waals surface area (Å²) in [5.74, 6) is -0.693. The predicted molar refractivity (Wildman–Crippen MR) is 150 cm³/mol. The van der Waals surface area contributed by atoms with Crippen LogP contribution in [0.1, 0.15) is 28.4 Å². The highest BCUT2D eigenvalue weighted by atomic mass is 35.5. The molecule has 38 heavy (non-hydrogen) atoms. The minimum atomic E-state index is -0.652. The Morgan fingerprint density at radius 1 is 1.03 bits per heavy atom. The first-order chi connectivity index (χ1) is 18.5. The smallest absolute Gasteiger partial charge is 0.341 e. The van der Waals surface area contributed by atoms with Gasteiger partial charge < -0.3 is 14.8 Å². The number of carbonyl (C=O) groups excluding carboxylic acids is 2. The van der Waals surface area contributed by atoms with E-state index in [4.69, 9.17) is 21.1 Å². The summed E-state index contributed by atoms with van der Waals surface area (Å²) >= 11 is 7.19. The highest BCUT2D eigenvalue weighted by molar-refractivity contribution is 7.15. The third-order valence-electron chi connectivity index (χ3n) is 5.47. The van der Waals surface area contributed by atoms with E-state index in [1.165, 1.54) is 17.4 Å². The van der Waals surface area contributed by atoms with Crippen molar-refractivity contribution in [2.75, 3.05) is 11.9 Å². The molecule has 190 valence electrons. The van der Waals surface area contributed by atoms with Crippen LogP contribution >= 0.6 is 22.9 Å². The molecule has 0 radical (unpaired) electrons. The second-order valence-electron chi connectivity index (χ2n) is 8.02. The molecule has 4 rings (SSSR count). The number of halogens is 1. The zero-order chi connectivity index (χ0) is 26.9. The van der Waals surface area contributed by atoms with E-state index in [-0.39, 0.29) is 22.7 Å². The lowest BCUT2D eigenvalue weighted by atomic mass is 10.0. The minimum Gasteiger partial charge on any atom is -0.488 e. The van der Waals surface area contributed by atoms with E-state index in [2.05, 4.69) is 5.32 Å². The molecule has 1 amide bonds. The Balaban J connectivity index is 1.60. The summed E-state index contributed by atoms with van der Waals surface area (Å²) in [5, 5.41) is 15.1.